The highest BCUT2D eigenvalue weighted by Crippen LogP contribution is 2.38. The summed E-state index contributed by atoms with van der Waals surface area (Å²) < 4.78 is 6.06. The lowest BCUT2D eigenvalue weighted by atomic mass is 9.79. The highest BCUT2D eigenvalue weighted by atomic mass is 32.1. The molecule has 0 aliphatic carbocycles. The molecule has 2 aliphatic heterocycles. The van der Waals surface area contributed by atoms with Gasteiger partial charge in [-0.25, -0.2) is 9.78 Å². The summed E-state index contributed by atoms with van der Waals surface area (Å²) >= 11 is 1.29. The van der Waals surface area contributed by atoms with Gasteiger partial charge in [-0.05, 0) is 51.8 Å². The summed E-state index contributed by atoms with van der Waals surface area (Å²) in [7, 11) is 0. The van der Waals surface area contributed by atoms with Crippen LogP contribution in [-0.2, 0) is 14.3 Å². The first-order chi connectivity index (χ1) is 14.5. The minimum atomic E-state index is -0.682. The Bertz CT molecular complexity index is 1090. The third kappa shape index (κ3) is 4.39. The van der Waals surface area contributed by atoms with E-state index in [4.69, 9.17) is 4.74 Å². The zero-order chi connectivity index (χ0) is 22.4. The van der Waals surface area contributed by atoms with E-state index in [0.717, 1.165) is 4.70 Å². The van der Waals surface area contributed by atoms with Crippen molar-refractivity contribution >= 4 is 50.5 Å². The minimum Gasteiger partial charge on any atom is -0.444 e. The Labute approximate surface area is 183 Å². The number of rotatable bonds is 2. The third-order valence-electron chi connectivity index (χ3n) is 5.45. The van der Waals surface area contributed by atoms with Crippen LogP contribution in [0.25, 0.3) is 10.2 Å². The maximum atomic E-state index is 13.0. The van der Waals surface area contributed by atoms with Gasteiger partial charge in [0.2, 0.25) is 11.8 Å². The fourth-order valence-corrected chi connectivity index (χ4v) is 4.74. The van der Waals surface area contributed by atoms with Crippen molar-refractivity contribution in [2.45, 2.75) is 45.6 Å². The van der Waals surface area contributed by atoms with Crippen molar-refractivity contribution in [3.05, 3.63) is 23.8 Å². The molecule has 2 N–H and O–H groups in total. The number of anilines is 1. The van der Waals surface area contributed by atoms with Crippen LogP contribution in [0.3, 0.4) is 0 Å². The lowest BCUT2D eigenvalue weighted by Crippen LogP contribution is -2.50. The van der Waals surface area contributed by atoms with Gasteiger partial charge >= 0.3 is 6.09 Å². The Morgan fingerprint density at radius 3 is 2.74 bits per heavy atom. The van der Waals surface area contributed by atoms with E-state index in [9.17, 15) is 19.2 Å². The summed E-state index contributed by atoms with van der Waals surface area (Å²) in [5, 5.41) is 5.40. The number of aromatic nitrogens is 1. The molecule has 0 saturated carbocycles. The molecule has 1 spiro atoms. The smallest absolute Gasteiger partial charge is 0.413 e. The summed E-state index contributed by atoms with van der Waals surface area (Å²) in [6.45, 7) is 6.09. The SMILES string of the molecule is CC(C)(C)OC(=O)Nc1nc2cc(C(=O)N3CCC4(CCC(=O)NC4=O)C3)ccc2s1. The number of hydrogen-bond acceptors (Lipinski definition) is 7. The van der Waals surface area contributed by atoms with Crippen molar-refractivity contribution in [3.8, 4) is 0 Å². The Hall–Kier alpha value is -3.01. The van der Waals surface area contributed by atoms with Crippen LogP contribution in [0.2, 0.25) is 0 Å². The van der Waals surface area contributed by atoms with Crippen molar-refractivity contribution in [2.75, 3.05) is 18.4 Å². The molecule has 31 heavy (non-hydrogen) atoms. The highest BCUT2D eigenvalue weighted by Gasteiger charge is 2.48. The zero-order valence-electron chi connectivity index (χ0n) is 17.6. The Balaban J connectivity index is 1.47. The predicted molar refractivity (Wildman–Crippen MR) is 115 cm³/mol. The Morgan fingerprint density at radius 1 is 1.26 bits per heavy atom. The average molecular weight is 445 g/mol. The fourth-order valence-electron chi connectivity index (χ4n) is 3.91. The highest BCUT2D eigenvalue weighted by molar-refractivity contribution is 7.22. The summed E-state index contributed by atoms with van der Waals surface area (Å²) in [4.78, 5) is 54.9. The van der Waals surface area contributed by atoms with E-state index in [1.165, 1.54) is 11.3 Å². The molecule has 1 atom stereocenters. The van der Waals surface area contributed by atoms with E-state index < -0.39 is 17.1 Å². The molecular weight excluding hydrogens is 420 g/mol. The second-order valence-corrected chi connectivity index (χ2v) is 9.99. The number of amides is 4. The molecule has 4 amide bonds. The van der Waals surface area contributed by atoms with Crippen LogP contribution in [0.5, 0.6) is 0 Å². The molecule has 2 aliphatic rings. The number of nitrogens with zero attached hydrogens (tertiary/aromatic N) is 2. The van der Waals surface area contributed by atoms with Crippen LogP contribution >= 0.6 is 11.3 Å². The standard InChI is InChI=1S/C21H24N4O5S/c1-20(2,3)30-19(29)24-18-22-13-10-12(4-5-14(13)31-18)16(27)25-9-8-21(11-25)7-6-15(26)23-17(21)28/h4-5,10H,6-9,11H2,1-3H3,(H,22,24,29)(H,23,26,28). The Kier molecular flexibility index (Phi) is 5.20. The van der Waals surface area contributed by atoms with Gasteiger partial charge in [0.15, 0.2) is 5.13 Å². The van der Waals surface area contributed by atoms with Gasteiger partial charge in [-0.3, -0.25) is 25.0 Å². The van der Waals surface area contributed by atoms with E-state index >= 15 is 0 Å². The number of benzene rings is 1. The molecule has 164 valence electrons. The second-order valence-electron chi connectivity index (χ2n) is 8.96. The van der Waals surface area contributed by atoms with E-state index in [1.54, 1.807) is 43.9 Å². The van der Waals surface area contributed by atoms with Gasteiger partial charge in [0.25, 0.3) is 5.91 Å². The first-order valence-corrected chi connectivity index (χ1v) is 10.9. The van der Waals surface area contributed by atoms with Crippen LogP contribution in [0.1, 0.15) is 50.4 Å². The molecule has 3 heterocycles. The topological polar surface area (TPSA) is 118 Å². The number of thiazole rings is 1. The molecule has 1 unspecified atom stereocenters. The van der Waals surface area contributed by atoms with Crippen LogP contribution in [-0.4, -0.2) is 52.4 Å². The first kappa shape index (κ1) is 21.2. The average Bonchev–Trinajstić information content (AvgIpc) is 3.27. The predicted octanol–water partition coefficient (Wildman–Crippen LogP) is 2.91. The van der Waals surface area contributed by atoms with Gasteiger partial charge < -0.3 is 9.64 Å². The third-order valence-corrected chi connectivity index (χ3v) is 6.40. The number of ether oxygens (including phenoxy) is 1. The quantitative estimate of drug-likeness (QED) is 0.688. The van der Waals surface area contributed by atoms with Crippen molar-refractivity contribution in [1.82, 2.24) is 15.2 Å². The second kappa shape index (κ2) is 7.60. The molecule has 10 heteroatoms. The van der Waals surface area contributed by atoms with Crippen LogP contribution < -0.4 is 10.6 Å². The zero-order valence-corrected chi connectivity index (χ0v) is 18.4. The number of carbonyl (C=O) groups is 4. The fraction of sp³-hybridized carbons (Fsp3) is 0.476. The van der Waals surface area contributed by atoms with Gasteiger partial charge in [0.05, 0.1) is 15.6 Å². The molecule has 9 nitrogen and oxygen atoms in total. The van der Waals surface area contributed by atoms with Gasteiger partial charge in [0, 0.05) is 25.1 Å². The largest absolute Gasteiger partial charge is 0.444 e. The molecule has 2 aromatic rings. The summed E-state index contributed by atoms with van der Waals surface area (Å²) in [5.41, 5.74) is -0.239. The van der Waals surface area contributed by atoms with Gasteiger partial charge in [-0.15, -0.1) is 0 Å². The summed E-state index contributed by atoms with van der Waals surface area (Å²) in [6.07, 6.45) is 0.716. The van der Waals surface area contributed by atoms with Crippen LogP contribution in [0, 0.1) is 5.41 Å². The van der Waals surface area contributed by atoms with Gasteiger partial charge in [-0.1, -0.05) is 11.3 Å². The van der Waals surface area contributed by atoms with E-state index in [1.807, 2.05) is 0 Å². The van der Waals surface area contributed by atoms with Crippen LogP contribution in [0.4, 0.5) is 9.93 Å². The maximum Gasteiger partial charge on any atom is 0.413 e. The first-order valence-electron chi connectivity index (χ1n) is 10.1. The lowest BCUT2D eigenvalue weighted by Gasteiger charge is -2.31. The maximum absolute atomic E-state index is 13.0. The molecule has 2 saturated heterocycles. The van der Waals surface area contributed by atoms with Crippen molar-refractivity contribution in [1.29, 1.82) is 0 Å². The summed E-state index contributed by atoms with van der Waals surface area (Å²) in [6, 6.07) is 5.19. The van der Waals surface area contributed by atoms with E-state index in [0.29, 0.717) is 48.6 Å². The number of likely N-dealkylation sites (tertiary alicyclic amines) is 1. The summed E-state index contributed by atoms with van der Waals surface area (Å²) in [5.74, 6) is -0.727. The molecule has 1 aromatic heterocycles. The van der Waals surface area contributed by atoms with Crippen molar-refractivity contribution < 1.29 is 23.9 Å². The molecule has 0 radical (unpaired) electrons. The van der Waals surface area contributed by atoms with E-state index in [2.05, 4.69) is 15.6 Å². The molecule has 2 fully saturated rings. The molecular formula is C21H24N4O5S. The van der Waals surface area contributed by atoms with Crippen LogP contribution in [0.15, 0.2) is 18.2 Å². The van der Waals surface area contributed by atoms with Gasteiger partial charge in [-0.2, -0.15) is 0 Å². The van der Waals surface area contributed by atoms with Crippen molar-refractivity contribution in [3.63, 3.8) is 0 Å². The molecule has 1 aromatic carbocycles. The van der Waals surface area contributed by atoms with Gasteiger partial charge in [0.1, 0.15) is 5.60 Å². The number of fused-ring (bicyclic) bond motifs is 1. The lowest BCUT2D eigenvalue weighted by molar-refractivity contribution is -0.141. The molecule has 4 rings (SSSR count). The number of piperidine rings is 1. The number of imide groups is 1. The van der Waals surface area contributed by atoms with E-state index in [-0.39, 0.29) is 17.7 Å². The minimum absolute atomic E-state index is 0.182. The normalized spacial score (nSPS) is 21.5. The molecule has 0 bridgehead atoms. The number of nitrogens with one attached hydrogen (secondary N) is 2. The monoisotopic (exact) mass is 444 g/mol. The number of hydrogen-bond donors (Lipinski definition) is 2. The number of carbonyl (C=O) groups excluding carboxylic acids is 4. The Morgan fingerprint density at radius 2 is 2.03 bits per heavy atom. The van der Waals surface area contributed by atoms with Crippen molar-refractivity contribution in [2.24, 2.45) is 5.41 Å².